The number of benzene rings is 1. The number of nitrogens with zero attached hydrogens (tertiary/aromatic N) is 4. The number of aromatic nitrogens is 3. The second-order valence-corrected chi connectivity index (χ2v) is 7.41. The van der Waals surface area contributed by atoms with E-state index in [1.165, 1.54) is 35.6 Å². The largest absolute Gasteiger partial charge is 0.417 e. The second-order valence-electron chi connectivity index (χ2n) is 7.00. The van der Waals surface area contributed by atoms with Crippen molar-refractivity contribution >= 4 is 29.3 Å². The Balaban J connectivity index is 1.71. The quantitative estimate of drug-likeness (QED) is 0.556. The van der Waals surface area contributed by atoms with Crippen LogP contribution < -0.4 is 10.2 Å². The maximum absolute atomic E-state index is 13.3. The summed E-state index contributed by atoms with van der Waals surface area (Å²) < 4.78 is 39.8. The Morgan fingerprint density at radius 3 is 2.71 bits per heavy atom. The Bertz CT molecular complexity index is 1110. The SMILES string of the molecule is O=C(Nc1cnccn1)N1CCCCc2ccc(-c3ccc(Cl)c(C(F)(F)F)c3)nc21. The van der Waals surface area contributed by atoms with E-state index in [1.807, 2.05) is 0 Å². The van der Waals surface area contributed by atoms with E-state index in [4.69, 9.17) is 11.6 Å². The van der Waals surface area contributed by atoms with Gasteiger partial charge in [-0.3, -0.25) is 15.2 Å². The molecule has 2 amide bonds. The molecule has 1 aliphatic rings. The molecule has 1 aliphatic heterocycles. The number of rotatable bonds is 2. The van der Waals surface area contributed by atoms with E-state index in [1.54, 1.807) is 12.1 Å². The number of pyridine rings is 1. The first-order valence-electron chi connectivity index (χ1n) is 9.54. The van der Waals surface area contributed by atoms with Crippen molar-refractivity contribution in [3.8, 4) is 11.3 Å². The molecule has 0 atom stereocenters. The van der Waals surface area contributed by atoms with Gasteiger partial charge in [0.2, 0.25) is 0 Å². The smallest absolute Gasteiger partial charge is 0.291 e. The third-order valence-corrected chi connectivity index (χ3v) is 5.23. The van der Waals surface area contributed by atoms with E-state index in [2.05, 4.69) is 20.3 Å². The number of hydrogen-bond acceptors (Lipinski definition) is 4. The Labute approximate surface area is 181 Å². The minimum atomic E-state index is -4.58. The van der Waals surface area contributed by atoms with Gasteiger partial charge in [-0.25, -0.2) is 14.8 Å². The van der Waals surface area contributed by atoms with Crippen molar-refractivity contribution in [1.82, 2.24) is 15.0 Å². The number of nitrogens with one attached hydrogen (secondary N) is 1. The zero-order valence-electron chi connectivity index (χ0n) is 16.2. The third-order valence-electron chi connectivity index (χ3n) is 4.90. The standard InChI is InChI=1S/C21H17ClF3N5O/c22-16-6-4-14(11-15(16)21(23,24)25)17-7-5-13-3-1-2-10-30(19(13)28-17)20(31)29-18-12-26-8-9-27-18/h4-9,11-12H,1-3,10H2,(H,27,29,31). The number of carbonyl (C=O) groups excluding carboxylic acids is 1. The molecule has 0 unspecified atom stereocenters. The van der Waals surface area contributed by atoms with Crippen LogP contribution in [0, 0.1) is 0 Å². The number of fused-ring (bicyclic) bond motifs is 1. The van der Waals surface area contributed by atoms with Crippen LogP contribution in [0.5, 0.6) is 0 Å². The summed E-state index contributed by atoms with van der Waals surface area (Å²) in [4.78, 5) is 26.9. The molecule has 10 heteroatoms. The molecule has 3 aromatic rings. The Hall–Kier alpha value is -3.20. The maximum Gasteiger partial charge on any atom is 0.417 e. The van der Waals surface area contributed by atoms with Crippen LogP contribution in [-0.4, -0.2) is 27.5 Å². The predicted octanol–water partition coefficient (Wildman–Crippen LogP) is 5.59. The summed E-state index contributed by atoms with van der Waals surface area (Å²) in [5, 5.41) is 2.30. The minimum absolute atomic E-state index is 0.262. The number of alkyl halides is 3. The van der Waals surface area contributed by atoms with Crippen LogP contribution in [-0.2, 0) is 12.6 Å². The number of urea groups is 1. The summed E-state index contributed by atoms with van der Waals surface area (Å²) in [5.74, 6) is 0.710. The first kappa shape index (κ1) is 21.0. The lowest BCUT2D eigenvalue weighted by Crippen LogP contribution is -2.36. The lowest BCUT2D eigenvalue weighted by Gasteiger charge is -2.22. The average molecular weight is 448 g/mol. The monoisotopic (exact) mass is 447 g/mol. The highest BCUT2D eigenvalue weighted by Gasteiger charge is 2.33. The predicted molar refractivity (Wildman–Crippen MR) is 111 cm³/mol. The van der Waals surface area contributed by atoms with Gasteiger partial charge in [-0.1, -0.05) is 23.7 Å². The molecule has 6 nitrogen and oxygen atoms in total. The number of aryl methyl sites for hydroxylation is 1. The summed E-state index contributed by atoms with van der Waals surface area (Å²) >= 11 is 5.73. The molecule has 3 heterocycles. The van der Waals surface area contributed by atoms with E-state index >= 15 is 0 Å². The fraction of sp³-hybridized carbons (Fsp3) is 0.238. The highest BCUT2D eigenvalue weighted by molar-refractivity contribution is 6.31. The van der Waals surface area contributed by atoms with E-state index in [0.717, 1.165) is 24.5 Å². The van der Waals surface area contributed by atoms with Crippen molar-refractivity contribution in [2.45, 2.75) is 25.4 Å². The van der Waals surface area contributed by atoms with Crippen molar-refractivity contribution < 1.29 is 18.0 Å². The molecule has 2 aromatic heterocycles. The summed E-state index contributed by atoms with van der Waals surface area (Å²) in [7, 11) is 0. The van der Waals surface area contributed by atoms with Crippen molar-refractivity contribution in [2.75, 3.05) is 16.8 Å². The molecule has 0 bridgehead atoms. The molecule has 160 valence electrons. The lowest BCUT2D eigenvalue weighted by molar-refractivity contribution is -0.137. The molecular formula is C21H17ClF3N5O. The highest BCUT2D eigenvalue weighted by atomic mass is 35.5. The van der Waals surface area contributed by atoms with Crippen LogP contribution >= 0.6 is 11.6 Å². The van der Waals surface area contributed by atoms with Gasteiger partial charge >= 0.3 is 12.2 Å². The van der Waals surface area contributed by atoms with Crippen LogP contribution in [0.15, 0.2) is 48.9 Å². The van der Waals surface area contributed by atoms with Gasteiger partial charge in [0.1, 0.15) is 5.82 Å². The summed E-state index contributed by atoms with van der Waals surface area (Å²) in [5.41, 5.74) is 0.499. The van der Waals surface area contributed by atoms with E-state index < -0.39 is 17.8 Å². The number of anilines is 2. The van der Waals surface area contributed by atoms with Crippen molar-refractivity contribution in [3.63, 3.8) is 0 Å². The van der Waals surface area contributed by atoms with Crippen LogP contribution in [0.4, 0.5) is 29.6 Å². The van der Waals surface area contributed by atoms with Crippen LogP contribution in [0.3, 0.4) is 0 Å². The molecule has 31 heavy (non-hydrogen) atoms. The molecule has 1 N–H and O–H groups in total. The molecule has 0 aliphatic carbocycles. The van der Waals surface area contributed by atoms with Crippen molar-refractivity contribution in [2.24, 2.45) is 0 Å². The summed E-state index contributed by atoms with van der Waals surface area (Å²) in [6.07, 6.45) is 2.13. The van der Waals surface area contributed by atoms with Gasteiger partial charge in [0.15, 0.2) is 5.82 Å². The first-order valence-corrected chi connectivity index (χ1v) is 9.92. The average Bonchev–Trinajstić information content (AvgIpc) is 2.96. The Morgan fingerprint density at radius 1 is 1.13 bits per heavy atom. The highest BCUT2D eigenvalue weighted by Crippen LogP contribution is 2.37. The first-order chi connectivity index (χ1) is 14.8. The molecular weight excluding hydrogens is 431 g/mol. The second kappa shape index (κ2) is 8.50. The molecule has 4 rings (SSSR count). The van der Waals surface area contributed by atoms with Gasteiger partial charge in [-0.2, -0.15) is 13.2 Å². The van der Waals surface area contributed by atoms with Gasteiger partial charge in [0, 0.05) is 24.5 Å². The zero-order valence-corrected chi connectivity index (χ0v) is 16.9. The number of halogens is 4. The molecule has 0 saturated heterocycles. The topological polar surface area (TPSA) is 71.0 Å². The van der Waals surface area contributed by atoms with E-state index in [9.17, 15) is 18.0 Å². The lowest BCUT2D eigenvalue weighted by atomic mass is 10.0. The molecule has 0 spiro atoms. The Morgan fingerprint density at radius 2 is 1.97 bits per heavy atom. The van der Waals surface area contributed by atoms with Gasteiger partial charge in [-0.05, 0) is 43.0 Å². The number of amides is 2. The fourth-order valence-corrected chi connectivity index (χ4v) is 3.62. The van der Waals surface area contributed by atoms with Crippen molar-refractivity contribution in [3.05, 3.63) is 65.1 Å². The summed E-state index contributed by atoms with van der Waals surface area (Å²) in [6.45, 7) is 0.421. The molecule has 1 aromatic carbocycles. The third kappa shape index (κ3) is 4.61. The normalized spacial score (nSPS) is 14.0. The molecule has 0 fully saturated rings. The van der Waals surface area contributed by atoms with Crippen LogP contribution in [0.25, 0.3) is 11.3 Å². The van der Waals surface area contributed by atoms with Gasteiger partial charge in [0.05, 0.1) is 22.5 Å². The minimum Gasteiger partial charge on any atom is -0.291 e. The van der Waals surface area contributed by atoms with Crippen LogP contribution in [0.1, 0.15) is 24.0 Å². The maximum atomic E-state index is 13.3. The van der Waals surface area contributed by atoms with Gasteiger partial charge < -0.3 is 0 Å². The van der Waals surface area contributed by atoms with Gasteiger partial charge in [0.25, 0.3) is 0 Å². The van der Waals surface area contributed by atoms with Crippen molar-refractivity contribution in [1.29, 1.82) is 0 Å². The number of carbonyl (C=O) groups is 1. The zero-order chi connectivity index (χ0) is 22.0. The van der Waals surface area contributed by atoms with E-state index in [-0.39, 0.29) is 10.6 Å². The summed E-state index contributed by atoms with van der Waals surface area (Å²) in [6, 6.07) is 6.68. The number of hydrogen-bond donors (Lipinski definition) is 1. The molecule has 0 radical (unpaired) electrons. The van der Waals surface area contributed by atoms with Gasteiger partial charge in [-0.15, -0.1) is 0 Å². The fourth-order valence-electron chi connectivity index (χ4n) is 3.40. The van der Waals surface area contributed by atoms with E-state index in [0.29, 0.717) is 30.3 Å². The molecule has 0 saturated carbocycles. The Kier molecular flexibility index (Phi) is 5.77. The van der Waals surface area contributed by atoms with Crippen LogP contribution in [0.2, 0.25) is 5.02 Å².